The molecule has 19 heavy (non-hydrogen) atoms. The molecule has 1 unspecified atom stereocenters. The third-order valence-electron chi connectivity index (χ3n) is 2.43. The molecule has 9 heteroatoms. The number of anilines is 1. The predicted molar refractivity (Wildman–Crippen MR) is 65.1 cm³/mol. The number of nitro groups is 2. The van der Waals surface area contributed by atoms with E-state index in [1.54, 1.807) is 6.92 Å². The van der Waals surface area contributed by atoms with E-state index in [2.05, 4.69) is 5.32 Å². The Morgan fingerprint density at radius 2 is 2.00 bits per heavy atom. The molecular weight excluding hydrogens is 258 g/mol. The summed E-state index contributed by atoms with van der Waals surface area (Å²) >= 11 is 0. The van der Waals surface area contributed by atoms with E-state index in [1.807, 2.05) is 0 Å². The lowest BCUT2D eigenvalue weighted by molar-refractivity contribution is -0.421. The zero-order chi connectivity index (χ0) is 14.6. The van der Waals surface area contributed by atoms with Gasteiger partial charge in [-0.15, -0.1) is 0 Å². The molecule has 1 aromatic rings. The molecule has 9 nitrogen and oxygen atoms in total. The standard InChI is InChI=1S/C10H11N3O6/c1-2-6(10(14)15)11-7-4-3-5-8(12(16)17)9(7)13(18)19/h3-6,11H,2H2,1H3,(H,14,15). The number of benzene rings is 1. The maximum Gasteiger partial charge on any atom is 0.368 e. The number of hydrogen-bond donors (Lipinski definition) is 2. The van der Waals surface area contributed by atoms with E-state index in [-0.39, 0.29) is 12.1 Å². The van der Waals surface area contributed by atoms with E-state index >= 15 is 0 Å². The molecule has 1 rings (SSSR count). The van der Waals surface area contributed by atoms with Gasteiger partial charge in [0.1, 0.15) is 11.7 Å². The summed E-state index contributed by atoms with van der Waals surface area (Å²) in [7, 11) is 0. The van der Waals surface area contributed by atoms with E-state index in [1.165, 1.54) is 12.1 Å². The lowest BCUT2D eigenvalue weighted by atomic mass is 10.2. The van der Waals surface area contributed by atoms with E-state index in [4.69, 9.17) is 5.11 Å². The Bertz CT molecular complexity index is 530. The van der Waals surface area contributed by atoms with Crippen LogP contribution in [0.25, 0.3) is 0 Å². The molecule has 0 bridgehead atoms. The summed E-state index contributed by atoms with van der Waals surface area (Å²) in [6.07, 6.45) is 0.176. The van der Waals surface area contributed by atoms with Crippen molar-refractivity contribution in [2.75, 3.05) is 5.32 Å². The van der Waals surface area contributed by atoms with Crippen molar-refractivity contribution in [1.82, 2.24) is 0 Å². The van der Waals surface area contributed by atoms with Crippen molar-refractivity contribution in [3.05, 3.63) is 38.4 Å². The smallest absolute Gasteiger partial charge is 0.368 e. The van der Waals surface area contributed by atoms with E-state index in [0.29, 0.717) is 0 Å². The number of hydrogen-bond acceptors (Lipinski definition) is 6. The summed E-state index contributed by atoms with van der Waals surface area (Å²) < 4.78 is 0. The zero-order valence-corrected chi connectivity index (χ0v) is 9.90. The maximum atomic E-state index is 10.9. The van der Waals surface area contributed by atoms with Crippen molar-refractivity contribution in [2.45, 2.75) is 19.4 Å². The second kappa shape index (κ2) is 5.76. The van der Waals surface area contributed by atoms with Gasteiger partial charge in [-0.2, -0.15) is 0 Å². The second-order valence-corrected chi connectivity index (χ2v) is 3.63. The molecule has 0 fully saturated rings. The van der Waals surface area contributed by atoms with Gasteiger partial charge in [0.15, 0.2) is 0 Å². The molecule has 0 aliphatic carbocycles. The molecule has 0 heterocycles. The Morgan fingerprint density at radius 1 is 1.37 bits per heavy atom. The first-order valence-corrected chi connectivity index (χ1v) is 5.29. The minimum atomic E-state index is -1.19. The number of carboxylic acid groups (broad SMARTS) is 1. The summed E-state index contributed by atoms with van der Waals surface area (Å²) in [4.78, 5) is 30.7. The van der Waals surface area contributed by atoms with Crippen molar-refractivity contribution >= 4 is 23.0 Å². The van der Waals surface area contributed by atoms with Crippen LogP contribution in [0.5, 0.6) is 0 Å². The lowest BCUT2D eigenvalue weighted by Gasteiger charge is -2.13. The van der Waals surface area contributed by atoms with Crippen molar-refractivity contribution in [3.8, 4) is 0 Å². The molecule has 102 valence electrons. The Morgan fingerprint density at radius 3 is 2.42 bits per heavy atom. The second-order valence-electron chi connectivity index (χ2n) is 3.63. The van der Waals surface area contributed by atoms with Gasteiger partial charge in [-0.3, -0.25) is 20.2 Å². The van der Waals surface area contributed by atoms with E-state index < -0.39 is 33.2 Å². The van der Waals surface area contributed by atoms with Gasteiger partial charge in [-0.05, 0) is 12.5 Å². The van der Waals surface area contributed by atoms with E-state index in [9.17, 15) is 25.0 Å². The lowest BCUT2D eigenvalue weighted by Crippen LogP contribution is -2.28. The Hall–Kier alpha value is -2.71. The molecule has 0 aliphatic heterocycles. The van der Waals surface area contributed by atoms with Crippen LogP contribution in [-0.4, -0.2) is 27.0 Å². The third-order valence-corrected chi connectivity index (χ3v) is 2.43. The van der Waals surface area contributed by atoms with Gasteiger partial charge in [-0.25, -0.2) is 4.79 Å². The zero-order valence-electron chi connectivity index (χ0n) is 9.90. The molecule has 0 saturated heterocycles. The number of para-hydroxylation sites is 1. The van der Waals surface area contributed by atoms with Gasteiger partial charge in [0.25, 0.3) is 0 Å². The largest absolute Gasteiger partial charge is 0.480 e. The summed E-state index contributed by atoms with van der Waals surface area (Å²) in [6, 6.07) is 2.42. The minimum Gasteiger partial charge on any atom is -0.480 e. The number of carbonyl (C=O) groups is 1. The normalized spacial score (nSPS) is 11.6. The molecule has 0 radical (unpaired) electrons. The highest BCUT2D eigenvalue weighted by Crippen LogP contribution is 2.34. The van der Waals surface area contributed by atoms with Crippen LogP contribution in [0.2, 0.25) is 0 Å². The number of nitrogens with one attached hydrogen (secondary N) is 1. The van der Waals surface area contributed by atoms with Crippen LogP contribution in [0.1, 0.15) is 13.3 Å². The molecule has 0 aliphatic rings. The number of nitro benzene ring substituents is 2. The van der Waals surface area contributed by atoms with Crippen molar-refractivity contribution in [1.29, 1.82) is 0 Å². The van der Waals surface area contributed by atoms with Crippen molar-refractivity contribution < 1.29 is 19.7 Å². The summed E-state index contributed by atoms with van der Waals surface area (Å²) in [5, 5.41) is 32.9. The Kier molecular flexibility index (Phi) is 4.35. The highest BCUT2D eigenvalue weighted by molar-refractivity contribution is 5.80. The van der Waals surface area contributed by atoms with Crippen LogP contribution >= 0.6 is 0 Å². The highest BCUT2D eigenvalue weighted by atomic mass is 16.6. The molecule has 0 aromatic heterocycles. The number of carboxylic acids is 1. The van der Waals surface area contributed by atoms with Gasteiger partial charge in [-0.1, -0.05) is 13.0 Å². The Balaban J connectivity index is 3.27. The molecular formula is C10H11N3O6. The predicted octanol–water partition coefficient (Wildman–Crippen LogP) is 1.78. The molecule has 0 spiro atoms. The first kappa shape index (κ1) is 14.4. The maximum absolute atomic E-state index is 10.9. The van der Waals surface area contributed by atoms with Crippen LogP contribution in [-0.2, 0) is 4.79 Å². The fourth-order valence-electron chi connectivity index (χ4n) is 1.51. The number of rotatable bonds is 6. The quantitative estimate of drug-likeness (QED) is 0.593. The molecule has 1 atom stereocenters. The first-order valence-electron chi connectivity index (χ1n) is 5.29. The number of nitrogens with zero attached hydrogens (tertiary/aromatic N) is 2. The van der Waals surface area contributed by atoms with Crippen LogP contribution < -0.4 is 5.32 Å². The molecule has 0 saturated carbocycles. The Labute approximate surface area is 107 Å². The highest BCUT2D eigenvalue weighted by Gasteiger charge is 2.30. The topological polar surface area (TPSA) is 136 Å². The van der Waals surface area contributed by atoms with Crippen molar-refractivity contribution in [2.24, 2.45) is 0 Å². The van der Waals surface area contributed by atoms with Gasteiger partial charge in [0.05, 0.1) is 9.85 Å². The van der Waals surface area contributed by atoms with Gasteiger partial charge >= 0.3 is 17.3 Å². The number of aliphatic carboxylic acids is 1. The van der Waals surface area contributed by atoms with Gasteiger partial charge in [0.2, 0.25) is 0 Å². The average molecular weight is 269 g/mol. The van der Waals surface area contributed by atoms with Crippen LogP contribution in [0.3, 0.4) is 0 Å². The SMILES string of the molecule is CCC(Nc1cccc([N+](=O)[O-])c1[N+](=O)[O-])C(=O)O. The van der Waals surface area contributed by atoms with Crippen molar-refractivity contribution in [3.63, 3.8) is 0 Å². The fourth-order valence-corrected chi connectivity index (χ4v) is 1.51. The van der Waals surface area contributed by atoms with Gasteiger partial charge in [0, 0.05) is 6.07 Å². The monoisotopic (exact) mass is 269 g/mol. The van der Waals surface area contributed by atoms with Crippen LogP contribution in [0.4, 0.5) is 17.1 Å². The van der Waals surface area contributed by atoms with E-state index in [0.717, 1.165) is 6.07 Å². The summed E-state index contributed by atoms with van der Waals surface area (Å²) in [5.74, 6) is -1.19. The molecule has 2 N–H and O–H groups in total. The molecule has 1 aromatic carbocycles. The van der Waals surface area contributed by atoms with Crippen LogP contribution in [0.15, 0.2) is 18.2 Å². The first-order chi connectivity index (χ1) is 8.88. The minimum absolute atomic E-state index is 0.176. The summed E-state index contributed by atoms with van der Waals surface area (Å²) in [6.45, 7) is 1.58. The van der Waals surface area contributed by atoms with Gasteiger partial charge < -0.3 is 10.4 Å². The fraction of sp³-hybridized carbons (Fsp3) is 0.300. The summed E-state index contributed by atoms with van der Waals surface area (Å²) in [5.41, 5.74) is -1.61. The van der Waals surface area contributed by atoms with Crippen LogP contribution in [0, 0.1) is 20.2 Å². The third kappa shape index (κ3) is 3.15. The average Bonchev–Trinajstić information content (AvgIpc) is 2.34. The molecule has 0 amide bonds.